The minimum Gasteiger partial charge on any atom is -0.472 e. The van der Waals surface area contributed by atoms with Crippen LogP contribution in [0.15, 0.2) is 41.2 Å². The van der Waals surface area contributed by atoms with Crippen LogP contribution in [0.4, 0.5) is 5.69 Å². The lowest BCUT2D eigenvalue weighted by Gasteiger charge is -2.32. The number of likely N-dealkylation sites (tertiary alicyclic amines) is 1. The first-order valence-corrected chi connectivity index (χ1v) is 8.81. The highest BCUT2D eigenvalue weighted by atomic mass is 16.3. The Balaban J connectivity index is 1.69. The molecule has 1 aromatic heterocycles. The average Bonchev–Trinajstić information content (AvgIpc) is 3.17. The van der Waals surface area contributed by atoms with E-state index in [2.05, 4.69) is 12.2 Å². The maximum absolute atomic E-state index is 12.8. The van der Waals surface area contributed by atoms with Gasteiger partial charge in [0.1, 0.15) is 6.26 Å². The summed E-state index contributed by atoms with van der Waals surface area (Å²) in [5, 5.41) is 3.10. The molecule has 5 heteroatoms. The third-order valence-electron chi connectivity index (χ3n) is 4.84. The SMILES string of the molecule is CCc1cccc(C)c1NC(=O)C1CCCN(C(=O)c2ccoc2)C1. The topological polar surface area (TPSA) is 62.6 Å². The number of piperidine rings is 1. The van der Waals surface area contributed by atoms with Crippen LogP contribution >= 0.6 is 0 Å². The van der Waals surface area contributed by atoms with Crippen molar-refractivity contribution in [3.63, 3.8) is 0 Å². The van der Waals surface area contributed by atoms with Crippen molar-refractivity contribution in [2.24, 2.45) is 5.92 Å². The summed E-state index contributed by atoms with van der Waals surface area (Å²) in [6.45, 7) is 5.21. The monoisotopic (exact) mass is 340 g/mol. The number of furan rings is 1. The van der Waals surface area contributed by atoms with Gasteiger partial charge < -0.3 is 14.6 Å². The van der Waals surface area contributed by atoms with Gasteiger partial charge >= 0.3 is 0 Å². The fourth-order valence-electron chi connectivity index (χ4n) is 3.37. The summed E-state index contributed by atoms with van der Waals surface area (Å²) in [5.74, 6) is -0.265. The lowest BCUT2D eigenvalue weighted by molar-refractivity contribution is -0.121. The van der Waals surface area contributed by atoms with Gasteiger partial charge in [0.15, 0.2) is 0 Å². The van der Waals surface area contributed by atoms with Crippen molar-refractivity contribution in [3.8, 4) is 0 Å². The second kappa shape index (κ2) is 7.55. The Hall–Kier alpha value is -2.56. The van der Waals surface area contributed by atoms with Crippen LogP contribution in [0.1, 0.15) is 41.3 Å². The number of carbonyl (C=O) groups is 2. The third kappa shape index (κ3) is 3.76. The summed E-state index contributed by atoms with van der Waals surface area (Å²) in [7, 11) is 0. The lowest BCUT2D eigenvalue weighted by atomic mass is 9.96. The molecule has 0 radical (unpaired) electrons. The number of amides is 2. The van der Waals surface area contributed by atoms with Crippen LogP contribution < -0.4 is 5.32 Å². The van der Waals surface area contributed by atoms with E-state index in [1.54, 1.807) is 11.0 Å². The number of hydrogen-bond donors (Lipinski definition) is 1. The van der Waals surface area contributed by atoms with Crippen LogP contribution in [0.5, 0.6) is 0 Å². The number of hydrogen-bond acceptors (Lipinski definition) is 3. The fraction of sp³-hybridized carbons (Fsp3) is 0.400. The summed E-state index contributed by atoms with van der Waals surface area (Å²) in [5.41, 5.74) is 3.65. The van der Waals surface area contributed by atoms with Crippen LogP contribution in [0.3, 0.4) is 0 Å². The molecule has 0 saturated carbocycles. The highest BCUT2D eigenvalue weighted by Crippen LogP contribution is 2.24. The maximum atomic E-state index is 12.8. The van der Waals surface area contributed by atoms with E-state index >= 15 is 0 Å². The molecule has 1 atom stereocenters. The lowest BCUT2D eigenvalue weighted by Crippen LogP contribution is -2.43. The summed E-state index contributed by atoms with van der Waals surface area (Å²) in [6, 6.07) is 7.71. The Morgan fingerprint density at radius 2 is 2.16 bits per heavy atom. The van der Waals surface area contributed by atoms with E-state index in [9.17, 15) is 9.59 Å². The van der Waals surface area contributed by atoms with Crippen molar-refractivity contribution in [1.29, 1.82) is 0 Å². The van der Waals surface area contributed by atoms with Gasteiger partial charge in [-0.15, -0.1) is 0 Å². The van der Waals surface area contributed by atoms with Gasteiger partial charge in [-0.2, -0.15) is 0 Å². The van der Waals surface area contributed by atoms with Gasteiger partial charge in [-0.3, -0.25) is 9.59 Å². The first-order chi connectivity index (χ1) is 12.1. The van der Waals surface area contributed by atoms with Gasteiger partial charge in [-0.05, 0) is 43.4 Å². The first kappa shape index (κ1) is 17.3. The van der Waals surface area contributed by atoms with Crippen molar-refractivity contribution in [2.75, 3.05) is 18.4 Å². The van der Waals surface area contributed by atoms with E-state index in [-0.39, 0.29) is 17.7 Å². The van der Waals surface area contributed by atoms with Crippen LogP contribution in [0.25, 0.3) is 0 Å². The number of aryl methyl sites for hydroxylation is 2. The number of para-hydroxylation sites is 1. The molecule has 25 heavy (non-hydrogen) atoms. The largest absolute Gasteiger partial charge is 0.472 e. The molecule has 132 valence electrons. The molecule has 0 bridgehead atoms. The van der Waals surface area contributed by atoms with Crippen molar-refractivity contribution in [1.82, 2.24) is 4.90 Å². The number of benzene rings is 1. The fourth-order valence-corrected chi connectivity index (χ4v) is 3.37. The molecule has 1 aromatic carbocycles. The van der Waals surface area contributed by atoms with E-state index < -0.39 is 0 Å². The number of nitrogens with one attached hydrogen (secondary N) is 1. The molecule has 0 spiro atoms. The Morgan fingerprint density at radius 1 is 1.32 bits per heavy atom. The molecule has 1 unspecified atom stereocenters. The van der Waals surface area contributed by atoms with Crippen LogP contribution in [-0.4, -0.2) is 29.8 Å². The zero-order chi connectivity index (χ0) is 17.8. The van der Waals surface area contributed by atoms with E-state index in [1.165, 1.54) is 12.5 Å². The van der Waals surface area contributed by atoms with Gasteiger partial charge in [0.2, 0.25) is 5.91 Å². The van der Waals surface area contributed by atoms with Crippen LogP contribution in [0, 0.1) is 12.8 Å². The minimum atomic E-state index is -0.186. The van der Waals surface area contributed by atoms with E-state index in [0.717, 1.165) is 36.1 Å². The number of rotatable bonds is 4. The molecular weight excluding hydrogens is 316 g/mol. The Kier molecular flexibility index (Phi) is 5.22. The van der Waals surface area contributed by atoms with Crippen LogP contribution in [-0.2, 0) is 11.2 Å². The number of nitrogens with zero attached hydrogens (tertiary/aromatic N) is 1. The quantitative estimate of drug-likeness (QED) is 0.924. The number of carbonyl (C=O) groups excluding carboxylic acids is 2. The van der Waals surface area contributed by atoms with E-state index in [1.807, 2.05) is 25.1 Å². The van der Waals surface area contributed by atoms with Gasteiger partial charge in [0, 0.05) is 18.8 Å². The summed E-state index contributed by atoms with van der Waals surface area (Å²) >= 11 is 0. The molecule has 1 fully saturated rings. The van der Waals surface area contributed by atoms with Crippen molar-refractivity contribution < 1.29 is 14.0 Å². The van der Waals surface area contributed by atoms with Crippen molar-refractivity contribution in [2.45, 2.75) is 33.1 Å². The normalized spacial score (nSPS) is 17.4. The summed E-state index contributed by atoms with van der Waals surface area (Å²) in [4.78, 5) is 27.0. The molecular formula is C20H24N2O3. The van der Waals surface area contributed by atoms with Gasteiger partial charge in [0.05, 0.1) is 17.7 Å². The molecule has 2 amide bonds. The van der Waals surface area contributed by atoms with Gasteiger partial charge in [-0.25, -0.2) is 0 Å². The molecule has 0 aliphatic carbocycles. The Labute approximate surface area is 148 Å². The van der Waals surface area contributed by atoms with Gasteiger partial charge in [0.25, 0.3) is 5.91 Å². The zero-order valence-corrected chi connectivity index (χ0v) is 14.7. The third-order valence-corrected chi connectivity index (χ3v) is 4.84. The minimum absolute atomic E-state index is 0.00584. The molecule has 5 nitrogen and oxygen atoms in total. The average molecular weight is 340 g/mol. The smallest absolute Gasteiger partial charge is 0.257 e. The Morgan fingerprint density at radius 3 is 2.88 bits per heavy atom. The predicted molar refractivity (Wildman–Crippen MR) is 96.5 cm³/mol. The van der Waals surface area contributed by atoms with E-state index in [4.69, 9.17) is 4.42 Å². The van der Waals surface area contributed by atoms with E-state index in [0.29, 0.717) is 18.7 Å². The molecule has 3 rings (SSSR count). The molecule has 2 heterocycles. The zero-order valence-electron chi connectivity index (χ0n) is 14.7. The van der Waals surface area contributed by atoms with Crippen molar-refractivity contribution in [3.05, 3.63) is 53.5 Å². The molecule has 1 N–H and O–H groups in total. The van der Waals surface area contributed by atoms with Gasteiger partial charge in [-0.1, -0.05) is 25.1 Å². The van der Waals surface area contributed by atoms with Crippen molar-refractivity contribution >= 4 is 17.5 Å². The first-order valence-electron chi connectivity index (χ1n) is 8.81. The highest BCUT2D eigenvalue weighted by molar-refractivity contribution is 5.96. The second-order valence-electron chi connectivity index (χ2n) is 6.55. The predicted octanol–water partition coefficient (Wildman–Crippen LogP) is 3.64. The number of anilines is 1. The summed E-state index contributed by atoms with van der Waals surface area (Å²) in [6.07, 6.45) is 5.44. The molecule has 2 aromatic rings. The molecule has 1 aliphatic rings. The maximum Gasteiger partial charge on any atom is 0.257 e. The standard InChI is InChI=1S/C20H24N2O3/c1-3-15-7-4-6-14(2)18(15)21-19(23)16-8-5-10-22(12-16)20(24)17-9-11-25-13-17/h4,6-7,9,11,13,16H,3,5,8,10,12H2,1-2H3,(H,21,23). The molecule has 1 aliphatic heterocycles. The Bertz CT molecular complexity index is 752. The molecule has 1 saturated heterocycles. The highest BCUT2D eigenvalue weighted by Gasteiger charge is 2.29. The van der Waals surface area contributed by atoms with Crippen LogP contribution in [0.2, 0.25) is 0 Å². The summed E-state index contributed by atoms with van der Waals surface area (Å²) < 4.78 is 4.99. The second-order valence-corrected chi connectivity index (χ2v) is 6.55.